The van der Waals surface area contributed by atoms with Crippen LogP contribution in [0.2, 0.25) is 0 Å². The summed E-state index contributed by atoms with van der Waals surface area (Å²) in [6, 6.07) is 0. The largest absolute Gasteiger partial charge is 0.462 e. The van der Waals surface area contributed by atoms with Crippen LogP contribution < -0.4 is 0 Å². The molecule has 0 rings (SSSR count). The molecule has 4 nitrogen and oxygen atoms in total. The first-order valence-corrected chi connectivity index (χ1v) is 7.70. The Bertz CT molecular complexity index is 267. The van der Waals surface area contributed by atoms with Gasteiger partial charge in [-0.15, -0.1) is 0 Å². The van der Waals surface area contributed by atoms with Gasteiger partial charge in [-0.25, -0.2) is 0 Å². The molecular weight excluding hydrogens is 256 g/mol. The Hall–Kier alpha value is -1.06. The van der Waals surface area contributed by atoms with Crippen LogP contribution in [0.15, 0.2) is 0 Å². The maximum Gasteiger partial charge on any atom is 0.306 e. The van der Waals surface area contributed by atoms with Crippen LogP contribution in [-0.2, 0) is 19.1 Å². The Morgan fingerprint density at radius 3 is 1.25 bits per heavy atom. The summed E-state index contributed by atoms with van der Waals surface area (Å²) in [6.07, 6.45) is 1.63. The number of rotatable bonds is 9. The summed E-state index contributed by atoms with van der Waals surface area (Å²) >= 11 is 0. The van der Waals surface area contributed by atoms with Crippen LogP contribution in [0, 0.1) is 11.8 Å². The molecule has 4 heteroatoms. The lowest BCUT2D eigenvalue weighted by Gasteiger charge is -2.21. The van der Waals surface area contributed by atoms with Gasteiger partial charge in [-0.3, -0.25) is 9.59 Å². The number of carbonyl (C=O) groups is 2. The minimum Gasteiger partial charge on any atom is -0.462 e. The zero-order chi connectivity index (χ0) is 15.7. The van der Waals surface area contributed by atoms with Crippen LogP contribution in [-0.4, -0.2) is 24.1 Å². The highest BCUT2D eigenvalue weighted by atomic mass is 16.6. The van der Waals surface area contributed by atoms with Crippen molar-refractivity contribution in [2.45, 2.75) is 79.4 Å². The molecule has 0 saturated heterocycles. The van der Waals surface area contributed by atoms with Crippen molar-refractivity contribution in [3.8, 4) is 0 Å². The first-order chi connectivity index (χ1) is 9.31. The predicted molar refractivity (Wildman–Crippen MR) is 79.3 cm³/mol. The molecule has 0 saturated carbocycles. The maximum atomic E-state index is 11.7. The quantitative estimate of drug-likeness (QED) is 0.606. The first kappa shape index (κ1) is 18.9. The van der Waals surface area contributed by atoms with E-state index in [1.165, 1.54) is 0 Å². The fourth-order valence-corrected chi connectivity index (χ4v) is 2.04. The zero-order valence-corrected chi connectivity index (χ0v) is 13.8. The lowest BCUT2D eigenvalue weighted by atomic mass is 10.1. The molecule has 0 aromatic rings. The second-order valence-corrected chi connectivity index (χ2v) is 5.86. The molecule has 0 aliphatic heterocycles. The van der Waals surface area contributed by atoms with Crippen molar-refractivity contribution in [1.29, 1.82) is 0 Å². The van der Waals surface area contributed by atoms with Crippen LogP contribution in [0.25, 0.3) is 0 Å². The minimum absolute atomic E-state index is 0.0717. The van der Waals surface area contributed by atoms with Gasteiger partial charge in [0.25, 0.3) is 0 Å². The van der Waals surface area contributed by atoms with Gasteiger partial charge in [-0.1, -0.05) is 41.5 Å². The summed E-state index contributed by atoms with van der Waals surface area (Å²) < 4.78 is 10.7. The van der Waals surface area contributed by atoms with E-state index in [9.17, 15) is 9.59 Å². The molecule has 0 radical (unpaired) electrons. The molecule has 0 aromatic carbocycles. The summed E-state index contributed by atoms with van der Waals surface area (Å²) in [7, 11) is 0. The monoisotopic (exact) mass is 286 g/mol. The third-order valence-corrected chi connectivity index (χ3v) is 3.39. The average molecular weight is 286 g/mol. The summed E-state index contributed by atoms with van der Waals surface area (Å²) in [5, 5.41) is 0. The molecule has 0 bridgehead atoms. The van der Waals surface area contributed by atoms with Crippen molar-refractivity contribution in [3.05, 3.63) is 0 Å². The summed E-state index contributed by atoms with van der Waals surface area (Å²) in [5.41, 5.74) is 0. The highest BCUT2D eigenvalue weighted by Crippen LogP contribution is 2.14. The maximum absolute atomic E-state index is 11.7. The summed E-state index contributed by atoms with van der Waals surface area (Å²) in [4.78, 5) is 23.4. The number of ether oxygens (including phenoxy) is 2. The van der Waals surface area contributed by atoms with Crippen LogP contribution in [0.3, 0.4) is 0 Å². The predicted octanol–water partition coefficient (Wildman–Crippen LogP) is 3.72. The number of hydrogen-bond acceptors (Lipinski definition) is 4. The van der Waals surface area contributed by atoms with Crippen molar-refractivity contribution >= 4 is 11.9 Å². The van der Waals surface area contributed by atoms with Gasteiger partial charge < -0.3 is 9.47 Å². The van der Waals surface area contributed by atoms with Crippen molar-refractivity contribution in [3.63, 3.8) is 0 Å². The molecule has 0 aliphatic carbocycles. The van der Waals surface area contributed by atoms with Gasteiger partial charge in [0.05, 0.1) is 12.8 Å². The topological polar surface area (TPSA) is 52.6 Å². The van der Waals surface area contributed by atoms with Gasteiger partial charge in [0, 0.05) is 0 Å². The molecule has 118 valence electrons. The van der Waals surface area contributed by atoms with Gasteiger partial charge in [0.15, 0.2) is 0 Å². The summed E-state index contributed by atoms with van der Waals surface area (Å²) in [5.74, 6) is -0.0529. The molecule has 0 spiro atoms. The van der Waals surface area contributed by atoms with Gasteiger partial charge in [0.2, 0.25) is 0 Å². The third-order valence-electron chi connectivity index (χ3n) is 3.39. The molecule has 0 amide bonds. The lowest BCUT2D eigenvalue weighted by molar-refractivity contribution is -0.158. The van der Waals surface area contributed by atoms with Crippen molar-refractivity contribution < 1.29 is 19.1 Å². The number of esters is 2. The van der Waals surface area contributed by atoms with Crippen molar-refractivity contribution in [1.82, 2.24) is 0 Å². The van der Waals surface area contributed by atoms with E-state index in [1.807, 2.05) is 41.5 Å². The molecule has 0 fully saturated rings. The second-order valence-electron chi connectivity index (χ2n) is 5.86. The van der Waals surface area contributed by atoms with E-state index in [2.05, 4.69) is 0 Å². The fourth-order valence-electron chi connectivity index (χ4n) is 2.04. The van der Waals surface area contributed by atoms with Crippen LogP contribution in [0.4, 0.5) is 0 Å². The number of hydrogen-bond donors (Lipinski definition) is 0. The van der Waals surface area contributed by atoms with Crippen molar-refractivity contribution in [2.24, 2.45) is 11.8 Å². The smallest absolute Gasteiger partial charge is 0.306 e. The Kier molecular flexibility index (Phi) is 9.26. The minimum atomic E-state index is -0.319. The highest BCUT2D eigenvalue weighted by molar-refractivity contribution is 5.77. The standard InChI is InChI=1S/C16H30O4/c1-7-13(11(3)4)19-15(17)9-10-16(18)20-14(8-2)12(5)6/h11-14H,7-10H2,1-6H3. The zero-order valence-electron chi connectivity index (χ0n) is 13.8. The highest BCUT2D eigenvalue weighted by Gasteiger charge is 2.19. The van der Waals surface area contributed by atoms with E-state index in [0.717, 1.165) is 12.8 Å². The Balaban J connectivity index is 4.09. The van der Waals surface area contributed by atoms with E-state index in [1.54, 1.807) is 0 Å². The average Bonchev–Trinajstić information content (AvgIpc) is 2.38. The van der Waals surface area contributed by atoms with Crippen LogP contribution in [0.5, 0.6) is 0 Å². The van der Waals surface area contributed by atoms with E-state index in [0.29, 0.717) is 11.8 Å². The normalized spacial score (nSPS) is 14.2. The fraction of sp³-hybridized carbons (Fsp3) is 0.875. The Morgan fingerprint density at radius 1 is 0.750 bits per heavy atom. The molecule has 20 heavy (non-hydrogen) atoms. The van der Waals surface area contributed by atoms with Gasteiger partial charge >= 0.3 is 11.9 Å². The van der Waals surface area contributed by atoms with E-state index in [-0.39, 0.29) is 37.0 Å². The molecule has 0 aromatic heterocycles. The van der Waals surface area contributed by atoms with Crippen molar-refractivity contribution in [2.75, 3.05) is 0 Å². The van der Waals surface area contributed by atoms with Gasteiger partial charge in [-0.2, -0.15) is 0 Å². The molecule has 2 atom stereocenters. The lowest BCUT2D eigenvalue weighted by Crippen LogP contribution is -2.25. The summed E-state index contributed by atoms with van der Waals surface area (Å²) in [6.45, 7) is 12.0. The van der Waals surface area contributed by atoms with Crippen LogP contribution >= 0.6 is 0 Å². The molecule has 0 N–H and O–H groups in total. The molecule has 0 aliphatic rings. The molecular formula is C16H30O4. The molecule has 2 unspecified atom stereocenters. The van der Waals surface area contributed by atoms with E-state index < -0.39 is 0 Å². The van der Waals surface area contributed by atoms with Crippen LogP contribution in [0.1, 0.15) is 67.2 Å². The third kappa shape index (κ3) is 7.51. The SMILES string of the molecule is CCC(OC(=O)CCC(=O)OC(CC)C(C)C)C(C)C. The van der Waals surface area contributed by atoms with Gasteiger partial charge in [0.1, 0.15) is 12.2 Å². The molecule has 0 heterocycles. The van der Waals surface area contributed by atoms with Gasteiger partial charge in [-0.05, 0) is 24.7 Å². The second kappa shape index (κ2) is 9.78. The Labute approximate surface area is 123 Å². The number of carbonyl (C=O) groups excluding carboxylic acids is 2. The first-order valence-electron chi connectivity index (χ1n) is 7.70. The van der Waals surface area contributed by atoms with E-state index >= 15 is 0 Å². The Morgan fingerprint density at radius 2 is 1.05 bits per heavy atom. The van der Waals surface area contributed by atoms with E-state index in [4.69, 9.17) is 9.47 Å².